The molecule has 1 aromatic heterocycles. The van der Waals surface area contributed by atoms with Gasteiger partial charge in [0.2, 0.25) is 0 Å². The van der Waals surface area contributed by atoms with Crippen molar-refractivity contribution in [2.24, 2.45) is 5.92 Å². The van der Waals surface area contributed by atoms with Crippen molar-refractivity contribution in [3.05, 3.63) is 16.9 Å². The fraction of sp³-hybridized carbons (Fsp3) is 0.727. The molecule has 0 aliphatic heterocycles. The van der Waals surface area contributed by atoms with Gasteiger partial charge in [-0.2, -0.15) is 5.10 Å². The van der Waals surface area contributed by atoms with E-state index in [0.717, 1.165) is 24.0 Å². The molecule has 1 saturated carbocycles. The number of hydrogen-bond donors (Lipinski definition) is 1. The normalized spacial score (nSPS) is 25.3. The zero-order valence-electron chi connectivity index (χ0n) is 9.33. The van der Waals surface area contributed by atoms with E-state index in [1.165, 1.54) is 18.5 Å². The lowest BCUT2D eigenvalue weighted by Crippen LogP contribution is -2.33. The van der Waals surface area contributed by atoms with Gasteiger partial charge in [0.15, 0.2) is 0 Å². The van der Waals surface area contributed by atoms with Crippen LogP contribution in [0.5, 0.6) is 0 Å². The molecule has 1 aliphatic rings. The Morgan fingerprint density at radius 2 is 2.40 bits per heavy atom. The molecular weight excluding hydrogens is 210 g/mol. The van der Waals surface area contributed by atoms with Gasteiger partial charge in [-0.3, -0.25) is 4.68 Å². The Morgan fingerprint density at radius 1 is 1.60 bits per heavy atom. The monoisotopic (exact) mass is 227 g/mol. The van der Waals surface area contributed by atoms with Crippen LogP contribution >= 0.6 is 11.6 Å². The molecule has 0 bridgehead atoms. The second-order valence-corrected chi connectivity index (χ2v) is 4.60. The Kier molecular flexibility index (Phi) is 3.32. The van der Waals surface area contributed by atoms with E-state index in [1.807, 2.05) is 11.7 Å². The van der Waals surface area contributed by atoms with Crippen molar-refractivity contribution in [1.29, 1.82) is 0 Å². The van der Waals surface area contributed by atoms with Crippen molar-refractivity contribution in [3.63, 3.8) is 0 Å². The van der Waals surface area contributed by atoms with E-state index >= 15 is 0 Å². The number of rotatable bonds is 4. The maximum Gasteiger partial charge on any atom is 0.0820 e. The zero-order chi connectivity index (χ0) is 10.8. The van der Waals surface area contributed by atoms with Crippen molar-refractivity contribution in [2.75, 3.05) is 13.6 Å². The van der Waals surface area contributed by atoms with Gasteiger partial charge in [0.25, 0.3) is 0 Å². The Morgan fingerprint density at radius 3 is 2.93 bits per heavy atom. The molecule has 1 heterocycles. The highest BCUT2D eigenvalue weighted by atomic mass is 35.5. The smallest absolute Gasteiger partial charge is 0.0820 e. The van der Waals surface area contributed by atoms with Crippen molar-refractivity contribution < 1.29 is 0 Å². The van der Waals surface area contributed by atoms with E-state index < -0.39 is 0 Å². The summed E-state index contributed by atoms with van der Waals surface area (Å²) in [6, 6.07) is 0. The number of nitrogens with zero attached hydrogens (tertiary/aromatic N) is 2. The van der Waals surface area contributed by atoms with E-state index in [1.54, 1.807) is 6.20 Å². The number of aromatic nitrogens is 2. The highest BCUT2D eigenvalue weighted by Gasteiger charge is 2.35. The van der Waals surface area contributed by atoms with Gasteiger partial charge in [0, 0.05) is 12.5 Å². The molecule has 4 heteroatoms. The molecule has 2 unspecified atom stereocenters. The summed E-state index contributed by atoms with van der Waals surface area (Å²) in [6.45, 7) is 4.10. The first-order chi connectivity index (χ1) is 7.27. The molecule has 2 atom stereocenters. The first-order valence-electron chi connectivity index (χ1n) is 5.63. The van der Waals surface area contributed by atoms with Gasteiger partial charge in [-0.05, 0) is 39.3 Å². The standard InChI is InChI=1S/C11H18ClN3/c1-3-15-11(10(12)7-14-15)9-5-4-8(9)6-13-2/h7-9,13H,3-6H2,1-2H3. The summed E-state index contributed by atoms with van der Waals surface area (Å²) in [5.41, 5.74) is 1.24. The molecule has 1 aliphatic carbocycles. The zero-order valence-corrected chi connectivity index (χ0v) is 10.1. The summed E-state index contributed by atoms with van der Waals surface area (Å²) in [4.78, 5) is 0. The molecule has 15 heavy (non-hydrogen) atoms. The quantitative estimate of drug-likeness (QED) is 0.855. The SMILES string of the molecule is CCn1ncc(Cl)c1C1CCC1CNC. The average molecular weight is 228 g/mol. The average Bonchev–Trinajstić information content (AvgIpc) is 2.56. The van der Waals surface area contributed by atoms with Crippen LogP contribution in [-0.2, 0) is 6.54 Å². The van der Waals surface area contributed by atoms with Crippen LogP contribution in [0.25, 0.3) is 0 Å². The summed E-state index contributed by atoms with van der Waals surface area (Å²) < 4.78 is 2.04. The lowest BCUT2D eigenvalue weighted by Gasteiger charge is -2.37. The molecule has 2 rings (SSSR count). The molecule has 0 amide bonds. The summed E-state index contributed by atoms with van der Waals surface area (Å²) in [5, 5.41) is 8.38. The molecular formula is C11H18ClN3. The van der Waals surface area contributed by atoms with Crippen LogP contribution in [0, 0.1) is 5.92 Å². The molecule has 1 aromatic rings. The Bertz CT molecular complexity index is 335. The van der Waals surface area contributed by atoms with Gasteiger partial charge in [-0.15, -0.1) is 0 Å². The van der Waals surface area contributed by atoms with Crippen LogP contribution in [0.3, 0.4) is 0 Å². The molecule has 0 aromatic carbocycles. The second kappa shape index (κ2) is 4.54. The Hall–Kier alpha value is -0.540. The topological polar surface area (TPSA) is 29.9 Å². The van der Waals surface area contributed by atoms with Gasteiger partial charge < -0.3 is 5.32 Å². The third kappa shape index (κ3) is 1.91. The van der Waals surface area contributed by atoms with E-state index in [2.05, 4.69) is 17.3 Å². The lowest BCUT2D eigenvalue weighted by atomic mass is 9.71. The van der Waals surface area contributed by atoms with Crippen molar-refractivity contribution >= 4 is 11.6 Å². The molecule has 1 N–H and O–H groups in total. The van der Waals surface area contributed by atoms with Crippen molar-refractivity contribution in [2.45, 2.75) is 32.2 Å². The third-order valence-electron chi connectivity index (χ3n) is 3.37. The first-order valence-corrected chi connectivity index (χ1v) is 6.01. The Labute approximate surface area is 95.8 Å². The maximum absolute atomic E-state index is 6.19. The van der Waals surface area contributed by atoms with Crippen molar-refractivity contribution in [3.8, 4) is 0 Å². The summed E-state index contributed by atoms with van der Waals surface area (Å²) >= 11 is 6.19. The van der Waals surface area contributed by atoms with Crippen LogP contribution in [0.15, 0.2) is 6.20 Å². The van der Waals surface area contributed by atoms with E-state index in [-0.39, 0.29) is 0 Å². The fourth-order valence-corrected chi connectivity index (χ4v) is 2.71. The minimum absolute atomic E-state index is 0.604. The van der Waals surface area contributed by atoms with E-state index in [0.29, 0.717) is 5.92 Å². The highest BCUT2D eigenvalue weighted by Crippen LogP contribution is 2.44. The largest absolute Gasteiger partial charge is 0.319 e. The van der Waals surface area contributed by atoms with Gasteiger partial charge in [-0.25, -0.2) is 0 Å². The second-order valence-electron chi connectivity index (χ2n) is 4.20. The Balaban J connectivity index is 2.17. The summed E-state index contributed by atoms with van der Waals surface area (Å²) in [5.74, 6) is 1.34. The minimum atomic E-state index is 0.604. The molecule has 0 saturated heterocycles. The van der Waals surface area contributed by atoms with E-state index in [9.17, 15) is 0 Å². The number of hydrogen-bond acceptors (Lipinski definition) is 2. The highest BCUT2D eigenvalue weighted by molar-refractivity contribution is 6.31. The number of halogens is 1. The van der Waals surface area contributed by atoms with Crippen LogP contribution in [0.2, 0.25) is 5.02 Å². The van der Waals surface area contributed by atoms with Gasteiger partial charge >= 0.3 is 0 Å². The van der Waals surface area contributed by atoms with Crippen LogP contribution in [0.4, 0.5) is 0 Å². The van der Waals surface area contributed by atoms with E-state index in [4.69, 9.17) is 11.6 Å². The summed E-state index contributed by atoms with van der Waals surface area (Å²) in [7, 11) is 2.01. The fourth-order valence-electron chi connectivity index (χ4n) is 2.43. The molecule has 0 spiro atoms. The first kappa shape index (κ1) is 11.0. The van der Waals surface area contributed by atoms with Crippen LogP contribution in [-0.4, -0.2) is 23.4 Å². The molecule has 84 valence electrons. The van der Waals surface area contributed by atoms with Crippen LogP contribution in [0.1, 0.15) is 31.4 Å². The van der Waals surface area contributed by atoms with Crippen LogP contribution < -0.4 is 5.32 Å². The third-order valence-corrected chi connectivity index (χ3v) is 3.66. The van der Waals surface area contributed by atoms with Gasteiger partial charge in [0.05, 0.1) is 16.9 Å². The predicted molar refractivity (Wildman–Crippen MR) is 62.3 cm³/mol. The lowest BCUT2D eigenvalue weighted by molar-refractivity contribution is 0.238. The molecule has 1 fully saturated rings. The molecule has 3 nitrogen and oxygen atoms in total. The number of nitrogens with one attached hydrogen (secondary N) is 1. The summed E-state index contributed by atoms with van der Waals surface area (Å²) in [6.07, 6.45) is 4.32. The number of aryl methyl sites for hydroxylation is 1. The van der Waals surface area contributed by atoms with Crippen molar-refractivity contribution in [1.82, 2.24) is 15.1 Å². The molecule has 0 radical (unpaired) electrons. The van der Waals surface area contributed by atoms with Gasteiger partial charge in [0.1, 0.15) is 0 Å². The predicted octanol–water partition coefficient (Wildman–Crippen LogP) is 2.27. The maximum atomic E-state index is 6.19. The minimum Gasteiger partial charge on any atom is -0.319 e. The van der Waals surface area contributed by atoms with Gasteiger partial charge in [-0.1, -0.05) is 11.6 Å².